The minimum Gasteiger partial charge on any atom is -0.497 e. The highest BCUT2D eigenvalue weighted by molar-refractivity contribution is 6.04. The number of methoxy groups -OCH3 is 2. The first-order valence-corrected chi connectivity index (χ1v) is 7.72. The molecule has 0 fully saturated rings. The Hall–Kier alpha value is -2.08. The van der Waals surface area contributed by atoms with Gasteiger partial charge < -0.3 is 19.5 Å². The Bertz CT molecular complexity index is 530. The monoisotopic (exact) mass is 323 g/mol. The number of hydrogen-bond acceptors (Lipinski definition) is 6. The lowest BCUT2D eigenvalue weighted by atomic mass is 10.00. The van der Waals surface area contributed by atoms with Crippen molar-refractivity contribution in [2.45, 2.75) is 32.7 Å². The van der Waals surface area contributed by atoms with E-state index in [-0.39, 0.29) is 18.8 Å². The summed E-state index contributed by atoms with van der Waals surface area (Å²) in [5.41, 5.74) is 0.379. The highest BCUT2D eigenvalue weighted by Crippen LogP contribution is 2.25. The van der Waals surface area contributed by atoms with Gasteiger partial charge in [-0.1, -0.05) is 6.92 Å². The minimum atomic E-state index is -0.657. The fraction of sp³-hybridized carbons (Fsp3) is 0.529. The Balaban J connectivity index is 3.04. The summed E-state index contributed by atoms with van der Waals surface area (Å²) in [4.78, 5) is 24.6. The van der Waals surface area contributed by atoms with Crippen LogP contribution in [-0.4, -0.2) is 45.2 Å². The summed E-state index contributed by atoms with van der Waals surface area (Å²) < 4.78 is 15.4. The second kappa shape index (κ2) is 9.84. The Kier molecular flexibility index (Phi) is 8.11. The summed E-state index contributed by atoms with van der Waals surface area (Å²) in [6.07, 6.45) is 0.828. The third-order valence-corrected chi connectivity index (χ3v) is 3.31. The first-order chi connectivity index (χ1) is 11.1. The van der Waals surface area contributed by atoms with Crippen LogP contribution in [0.4, 0.5) is 0 Å². The maximum atomic E-state index is 12.8. The molecule has 0 aliphatic heterocycles. The molecule has 0 heterocycles. The fourth-order valence-electron chi connectivity index (χ4n) is 2.16. The van der Waals surface area contributed by atoms with Crippen molar-refractivity contribution in [2.75, 3.05) is 27.4 Å². The molecule has 6 nitrogen and oxygen atoms in total. The molecular formula is C17H25NO5. The molecule has 1 N–H and O–H groups in total. The predicted octanol–water partition coefficient (Wildman–Crippen LogP) is 2.21. The summed E-state index contributed by atoms with van der Waals surface area (Å²) in [7, 11) is 3.03. The topological polar surface area (TPSA) is 73.9 Å². The van der Waals surface area contributed by atoms with Crippen molar-refractivity contribution in [1.29, 1.82) is 0 Å². The van der Waals surface area contributed by atoms with Crippen molar-refractivity contribution in [3.63, 3.8) is 0 Å². The average molecular weight is 323 g/mol. The summed E-state index contributed by atoms with van der Waals surface area (Å²) in [5.74, 6) is 0.376. The van der Waals surface area contributed by atoms with Crippen LogP contribution in [0.2, 0.25) is 0 Å². The zero-order valence-corrected chi connectivity index (χ0v) is 14.2. The molecule has 128 valence electrons. The van der Waals surface area contributed by atoms with E-state index in [1.54, 1.807) is 25.1 Å². The Morgan fingerprint density at radius 2 is 1.91 bits per heavy atom. The summed E-state index contributed by atoms with van der Waals surface area (Å²) in [6, 6.07) is 4.35. The van der Waals surface area contributed by atoms with E-state index in [4.69, 9.17) is 14.2 Å². The number of ketones is 1. The van der Waals surface area contributed by atoms with E-state index in [1.807, 2.05) is 6.92 Å². The Labute approximate surface area is 137 Å². The van der Waals surface area contributed by atoms with Gasteiger partial charge in [-0.05, 0) is 38.1 Å². The highest BCUT2D eigenvalue weighted by Gasteiger charge is 2.26. The lowest BCUT2D eigenvalue weighted by Gasteiger charge is -2.18. The fourth-order valence-corrected chi connectivity index (χ4v) is 2.16. The maximum absolute atomic E-state index is 12.8. The molecular weight excluding hydrogens is 298 g/mol. The van der Waals surface area contributed by atoms with E-state index < -0.39 is 12.0 Å². The van der Waals surface area contributed by atoms with Gasteiger partial charge in [-0.15, -0.1) is 0 Å². The normalized spacial score (nSPS) is 11.7. The maximum Gasteiger partial charge on any atom is 0.307 e. The predicted molar refractivity (Wildman–Crippen MR) is 87.2 cm³/mol. The van der Waals surface area contributed by atoms with E-state index in [2.05, 4.69) is 5.32 Å². The van der Waals surface area contributed by atoms with Gasteiger partial charge >= 0.3 is 5.97 Å². The van der Waals surface area contributed by atoms with Gasteiger partial charge in [-0.3, -0.25) is 9.59 Å². The summed E-state index contributed by atoms with van der Waals surface area (Å²) in [6.45, 7) is 4.64. The SMILES string of the molecule is CCCNC(CC(=O)OCC)C(=O)c1cc(OC)ccc1OC. The van der Waals surface area contributed by atoms with E-state index in [9.17, 15) is 9.59 Å². The summed E-state index contributed by atoms with van der Waals surface area (Å²) in [5, 5.41) is 3.10. The van der Waals surface area contributed by atoms with Crippen LogP contribution in [0.15, 0.2) is 18.2 Å². The lowest BCUT2D eigenvalue weighted by Crippen LogP contribution is -2.39. The quantitative estimate of drug-likeness (QED) is 0.526. The van der Waals surface area contributed by atoms with Crippen molar-refractivity contribution in [1.82, 2.24) is 5.32 Å². The molecule has 0 spiro atoms. The van der Waals surface area contributed by atoms with Crippen molar-refractivity contribution in [3.8, 4) is 11.5 Å². The number of hydrogen-bond donors (Lipinski definition) is 1. The molecule has 0 radical (unpaired) electrons. The molecule has 0 amide bonds. The van der Waals surface area contributed by atoms with Crippen LogP contribution in [0.25, 0.3) is 0 Å². The lowest BCUT2D eigenvalue weighted by molar-refractivity contribution is -0.143. The largest absolute Gasteiger partial charge is 0.497 e. The van der Waals surface area contributed by atoms with Crippen LogP contribution < -0.4 is 14.8 Å². The molecule has 0 aliphatic carbocycles. The zero-order chi connectivity index (χ0) is 17.2. The van der Waals surface area contributed by atoms with Gasteiger partial charge in [0.1, 0.15) is 11.5 Å². The van der Waals surface area contributed by atoms with Gasteiger partial charge in [-0.25, -0.2) is 0 Å². The van der Waals surface area contributed by atoms with Gasteiger partial charge in [0.2, 0.25) is 0 Å². The molecule has 23 heavy (non-hydrogen) atoms. The molecule has 1 aromatic carbocycles. The van der Waals surface area contributed by atoms with Crippen LogP contribution in [-0.2, 0) is 9.53 Å². The molecule has 1 rings (SSSR count). The third-order valence-electron chi connectivity index (χ3n) is 3.31. The molecule has 0 aromatic heterocycles. The first-order valence-electron chi connectivity index (χ1n) is 7.72. The van der Waals surface area contributed by atoms with Gasteiger partial charge in [0.05, 0.1) is 38.9 Å². The third kappa shape index (κ3) is 5.56. The second-order valence-corrected chi connectivity index (χ2v) is 4.95. The molecule has 0 bridgehead atoms. The van der Waals surface area contributed by atoms with Crippen molar-refractivity contribution >= 4 is 11.8 Å². The van der Waals surface area contributed by atoms with Crippen molar-refractivity contribution in [3.05, 3.63) is 23.8 Å². The molecule has 0 saturated carbocycles. The number of carbonyl (C=O) groups excluding carboxylic acids is 2. The molecule has 6 heteroatoms. The zero-order valence-electron chi connectivity index (χ0n) is 14.2. The standard InChI is InChI=1S/C17H25NO5/c1-5-9-18-14(11-16(19)23-6-2)17(20)13-10-12(21-3)7-8-15(13)22-4/h7-8,10,14,18H,5-6,9,11H2,1-4H3. The number of carbonyl (C=O) groups is 2. The first kappa shape index (κ1) is 19.0. The van der Waals surface area contributed by atoms with Crippen LogP contribution in [0.3, 0.4) is 0 Å². The number of ether oxygens (including phenoxy) is 3. The number of rotatable bonds is 10. The van der Waals surface area contributed by atoms with E-state index in [0.717, 1.165) is 6.42 Å². The van der Waals surface area contributed by atoms with Crippen LogP contribution in [0, 0.1) is 0 Å². The minimum absolute atomic E-state index is 0.0208. The van der Waals surface area contributed by atoms with E-state index >= 15 is 0 Å². The highest BCUT2D eigenvalue weighted by atomic mass is 16.5. The van der Waals surface area contributed by atoms with Crippen LogP contribution in [0.1, 0.15) is 37.0 Å². The smallest absolute Gasteiger partial charge is 0.307 e. The van der Waals surface area contributed by atoms with Gasteiger partial charge in [-0.2, -0.15) is 0 Å². The van der Waals surface area contributed by atoms with Gasteiger partial charge in [0, 0.05) is 0 Å². The Morgan fingerprint density at radius 3 is 2.48 bits per heavy atom. The van der Waals surface area contributed by atoms with Crippen LogP contribution >= 0.6 is 0 Å². The van der Waals surface area contributed by atoms with Gasteiger partial charge in [0.15, 0.2) is 5.78 Å². The van der Waals surface area contributed by atoms with Crippen molar-refractivity contribution < 1.29 is 23.8 Å². The molecule has 0 saturated heterocycles. The molecule has 1 atom stereocenters. The van der Waals surface area contributed by atoms with Crippen molar-refractivity contribution in [2.24, 2.45) is 0 Å². The number of benzene rings is 1. The van der Waals surface area contributed by atoms with E-state index in [1.165, 1.54) is 14.2 Å². The average Bonchev–Trinajstić information content (AvgIpc) is 2.57. The Morgan fingerprint density at radius 1 is 1.17 bits per heavy atom. The number of Topliss-reactive ketones (excluding diaryl/α,β-unsaturated/α-hetero) is 1. The van der Waals surface area contributed by atoms with Gasteiger partial charge in [0.25, 0.3) is 0 Å². The van der Waals surface area contributed by atoms with E-state index in [0.29, 0.717) is 23.6 Å². The summed E-state index contributed by atoms with van der Waals surface area (Å²) >= 11 is 0. The molecule has 0 aliphatic rings. The second-order valence-electron chi connectivity index (χ2n) is 4.95. The number of nitrogens with one attached hydrogen (secondary N) is 1. The molecule has 1 unspecified atom stereocenters. The molecule has 1 aromatic rings. The van der Waals surface area contributed by atoms with Crippen LogP contribution in [0.5, 0.6) is 11.5 Å². The number of esters is 1.